The van der Waals surface area contributed by atoms with Gasteiger partial charge in [-0.2, -0.15) is 0 Å². The van der Waals surface area contributed by atoms with Crippen LogP contribution in [0.25, 0.3) is 0 Å². The highest BCUT2D eigenvalue weighted by Crippen LogP contribution is 2.28. The summed E-state index contributed by atoms with van der Waals surface area (Å²) in [5.41, 5.74) is 2.31. The van der Waals surface area contributed by atoms with Crippen molar-refractivity contribution in [3.63, 3.8) is 0 Å². The van der Waals surface area contributed by atoms with Crippen molar-refractivity contribution in [3.8, 4) is 5.75 Å². The fourth-order valence-corrected chi connectivity index (χ4v) is 3.69. The van der Waals surface area contributed by atoms with E-state index < -0.39 is 0 Å². The Labute approximate surface area is 147 Å². The van der Waals surface area contributed by atoms with Gasteiger partial charge >= 0.3 is 0 Å². The molecule has 6 heteroatoms. The molecule has 1 amide bonds. The Balaban J connectivity index is 1.85. The summed E-state index contributed by atoms with van der Waals surface area (Å²) in [5.74, 6) is 0.143. The third-order valence-electron chi connectivity index (χ3n) is 4.68. The number of phenols is 1. The monoisotopic (exact) mass is 345 g/mol. The van der Waals surface area contributed by atoms with E-state index in [1.807, 2.05) is 19.1 Å². The lowest BCUT2D eigenvalue weighted by molar-refractivity contribution is -0.118. The van der Waals surface area contributed by atoms with E-state index in [2.05, 4.69) is 16.0 Å². The van der Waals surface area contributed by atoms with E-state index in [0.29, 0.717) is 10.7 Å². The fraction of sp³-hybridized carbons (Fsp3) is 0.444. The number of hydrogen-bond acceptors (Lipinski definition) is 3. The normalized spacial score (nSPS) is 21.9. The summed E-state index contributed by atoms with van der Waals surface area (Å²) in [7, 11) is 0. The van der Waals surface area contributed by atoms with Crippen LogP contribution in [0, 0.1) is 0 Å². The lowest BCUT2D eigenvalue weighted by Crippen LogP contribution is -2.48. The topological polar surface area (TPSA) is 73.4 Å². The van der Waals surface area contributed by atoms with Crippen molar-refractivity contribution in [2.24, 2.45) is 0 Å². The van der Waals surface area contributed by atoms with Crippen LogP contribution >= 0.6 is 12.2 Å². The summed E-state index contributed by atoms with van der Waals surface area (Å²) in [4.78, 5) is 12.9. The van der Waals surface area contributed by atoms with Gasteiger partial charge in [0.2, 0.25) is 0 Å². The van der Waals surface area contributed by atoms with Gasteiger partial charge in [0, 0.05) is 11.7 Å². The first-order chi connectivity index (χ1) is 11.5. The largest absolute Gasteiger partial charge is 0.508 e. The summed E-state index contributed by atoms with van der Waals surface area (Å²) < 4.78 is 0. The molecule has 1 unspecified atom stereocenters. The summed E-state index contributed by atoms with van der Waals surface area (Å²) in [5, 5.41) is 19.4. The number of amides is 1. The van der Waals surface area contributed by atoms with Crippen LogP contribution in [0.15, 0.2) is 35.5 Å². The molecule has 1 heterocycles. The van der Waals surface area contributed by atoms with Crippen LogP contribution in [0.5, 0.6) is 5.75 Å². The Bertz CT molecular complexity index is 663. The molecule has 1 aromatic carbocycles. The van der Waals surface area contributed by atoms with Crippen molar-refractivity contribution in [2.45, 2.75) is 51.1 Å². The summed E-state index contributed by atoms with van der Waals surface area (Å²) in [6.45, 7) is 1.87. The maximum atomic E-state index is 12.9. The molecule has 1 aliphatic carbocycles. The average Bonchev–Trinajstić information content (AvgIpc) is 2.55. The number of rotatable bonds is 3. The maximum Gasteiger partial charge on any atom is 0.251 e. The Morgan fingerprint density at radius 2 is 1.88 bits per heavy atom. The Morgan fingerprint density at radius 1 is 1.21 bits per heavy atom. The molecule has 3 rings (SSSR count). The molecule has 1 atom stereocenters. The number of benzene rings is 1. The van der Waals surface area contributed by atoms with E-state index in [4.69, 9.17) is 12.2 Å². The van der Waals surface area contributed by atoms with Crippen molar-refractivity contribution in [3.05, 3.63) is 41.1 Å². The minimum atomic E-state index is -0.317. The van der Waals surface area contributed by atoms with Gasteiger partial charge < -0.3 is 21.1 Å². The maximum absolute atomic E-state index is 12.9. The minimum absolute atomic E-state index is 0.0556. The van der Waals surface area contributed by atoms with Gasteiger partial charge in [-0.1, -0.05) is 31.4 Å². The molecule has 2 aliphatic rings. The van der Waals surface area contributed by atoms with Gasteiger partial charge in [0.25, 0.3) is 5.91 Å². The quantitative estimate of drug-likeness (QED) is 0.634. The zero-order valence-electron chi connectivity index (χ0n) is 13.8. The highest BCUT2D eigenvalue weighted by molar-refractivity contribution is 7.80. The van der Waals surface area contributed by atoms with Crippen LogP contribution in [0.2, 0.25) is 0 Å². The average molecular weight is 345 g/mol. The number of allylic oxidation sites excluding steroid dienone is 1. The smallest absolute Gasteiger partial charge is 0.251 e. The van der Waals surface area contributed by atoms with Gasteiger partial charge in [-0.15, -0.1) is 0 Å². The molecule has 0 radical (unpaired) electrons. The molecule has 0 aromatic heterocycles. The van der Waals surface area contributed by atoms with Gasteiger partial charge in [-0.25, -0.2) is 0 Å². The molecule has 0 spiro atoms. The van der Waals surface area contributed by atoms with Crippen molar-refractivity contribution in [1.29, 1.82) is 0 Å². The Morgan fingerprint density at radius 3 is 2.54 bits per heavy atom. The second-order valence-corrected chi connectivity index (χ2v) is 6.88. The van der Waals surface area contributed by atoms with E-state index in [9.17, 15) is 9.90 Å². The van der Waals surface area contributed by atoms with Gasteiger partial charge in [-0.05, 0) is 49.7 Å². The van der Waals surface area contributed by atoms with Crippen LogP contribution in [0.3, 0.4) is 0 Å². The van der Waals surface area contributed by atoms with Gasteiger partial charge in [0.1, 0.15) is 5.75 Å². The Kier molecular flexibility index (Phi) is 5.04. The standard InChI is InChI=1S/C18H23N3O2S/c1-11-15(17(23)20-13-5-3-2-4-6-13)16(21-18(24)19-11)12-7-9-14(22)10-8-12/h7-10,13,16,22H,2-6H2,1H3,(H,20,23)(H2,19,21,24). The van der Waals surface area contributed by atoms with Crippen LogP contribution < -0.4 is 16.0 Å². The highest BCUT2D eigenvalue weighted by atomic mass is 32.1. The van der Waals surface area contributed by atoms with Crippen LogP contribution in [0.4, 0.5) is 0 Å². The van der Waals surface area contributed by atoms with Gasteiger partial charge in [0.05, 0.1) is 11.6 Å². The van der Waals surface area contributed by atoms with Gasteiger partial charge in [0.15, 0.2) is 5.11 Å². The van der Waals surface area contributed by atoms with Crippen molar-refractivity contribution >= 4 is 23.2 Å². The number of phenolic OH excluding ortho intramolecular Hbond substituents is 1. The molecule has 0 saturated heterocycles. The number of hydrogen-bond donors (Lipinski definition) is 4. The van der Waals surface area contributed by atoms with E-state index >= 15 is 0 Å². The zero-order valence-corrected chi connectivity index (χ0v) is 14.6. The predicted molar refractivity (Wildman–Crippen MR) is 97.4 cm³/mol. The molecule has 1 aromatic rings. The molecule has 0 bridgehead atoms. The number of aromatic hydroxyl groups is 1. The molecular weight excluding hydrogens is 322 g/mol. The van der Waals surface area contributed by atoms with Crippen LogP contribution in [0.1, 0.15) is 50.6 Å². The van der Waals surface area contributed by atoms with Crippen molar-refractivity contribution in [2.75, 3.05) is 0 Å². The summed E-state index contributed by atoms with van der Waals surface area (Å²) in [6.07, 6.45) is 5.68. The first kappa shape index (κ1) is 16.8. The molecular formula is C18H23N3O2S. The molecule has 128 valence electrons. The zero-order chi connectivity index (χ0) is 17.1. The first-order valence-corrected chi connectivity index (χ1v) is 8.83. The number of nitrogens with one attached hydrogen (secondary N) is 3. The van der Waals surface area contributed by atoms with E-state index in [-0.39, 0.29) is 23.7 Å². The van der Waals surface area contributed by atoms with E-state index in [0.717, 1.165) is 24.1 Å². The van der Waals surface area contributed by atoms with Crippen LogP contribution in [-0.4, -0.2) is 22.2 Å². The number of carbonyl (C=O) groups excluding carboxylic acids is 1. The molecule has 24 heavy (non-hydrogen) atoms. The molecule has 1 fully saturated rings. The lowest BCUT2D eigenvalue weighted by Gasteiger charge is -2.32. The molecule has 4 N–H and O–H groups in total. The lowest BCUT2D eigenvalue weighted by atomic mass is 9.92. The highest BCUT2D eigenvalue weighted by Gasteiger charge is 2.31. The second kappa shape index (κ2) is 7.21. The molecule has 1 saturated carbocycles. The fourth-order valence-electron chi connectivity index (χ4n) is 3.42. The minimum Gasteiger partial charge on any atom is -0.508 e. The first-order valence-electron chi connectivity index (χ1n) is 8.42. The van der Waals surface area contributed by atoms with E-state index in [1.54, 1.807) is 12.1 Å². The third-order valence-corrected chi connectivity index (χ3v) is 4.90. The SMILES string of the molecule is CC1=C(C(=O)NC2CCCCC2)C(c2ccc(O)cc2)NC(=S)N1. The van der Waals surface area contributed by atoms with Gasteiger partial charge in [-0.3, -0.25) is 4.79 Å². The molecule has 5 nitrogen and oxygen atoms in total. The number of carbonyl (C=O) groups is 1. The number of thiocarbonyl (C=S) groups is 1. The van der Waals surface area contributed by atoms with Crippen molar-refractivity contribution in [1.82, 2.24) is 16.0 Å². The summed E-state index contributed by atoms with van der Waals surface area (Å²) >= 11 is 5.25. The van der Waals surface area contributed by atoms with Crippen molar-refractivity contribution < 1.29 is 9.90 Å². The Hall–Kier alpha value is -2.08. The van der Waals surface area contributed by atoms with E-state index in [1.165, 1.54) is 19.3 Å². The summed E-state index contributed by atoms with van der Waals surface area (Å²) in [6, 6.07) is 6.79. The second-order valence-electron chi connectivity index (χ2n) is 6.47. The third kappa shape index (κ3) is 3.70. The molecule has 1 aliphatic heterocycles. The predicted octanol–water partition coefficient (Wildman–Crippen LogP) is 2.63. The van der Waals surface area contributed by atoms with Crippen LogP contribution in [-0.2, 0) is 4.79 Å².